The van der Waals surface area contributed by atoms with Crippen LogP contribution in [0.25, 0.3) is 0 Å². The van der Waals surface area contributed by atoms with E-state index in [2.05, 4.69) is 5.32 Å². The summed E-state index contributed by atoms with van der Waals surface area (Å²) >= 11 is 0. The second-order valence-corrected chi connectivity index (χ2v) is 5.46. The maximum absolute atomic E-state index is 11.9. The third-order valence-corrected chi connectivity index (χ3v) is 3.46. The van der Waals surface area contributed by atoms with E-state index in [4.69, 9.17) is 4.74 Å². The Labute approximate surface area is 121 Å². The number of rotatable bonds is 8. The van der Waals surface area contributed by atoms with Crippen molar-refractivity contribution in [3.05, 3.63) is 29.8 Å². The van der Waals surface area contributed by atoms with Crippen molar-refractivity contribution in [1.82, 2.24) is 10.2 Å². The molecular weight excluding hydrogens is 252 g/mol. The summed E-state index contributed by atoms with van der Waals surface area (Å²) in [5.74, 6) is 1.03. The molecule has 110 valence electrons. The van der Waals surface area contributed by atoms with Crippen molar-refractivity contribution in [2.24, 2.45) is 0 Å². The molecule has 4 heteroatoms. The molecule has 20 heavy (non-hydrogen) atoms. The van der Waals surface area contributed by atoms with Gasteiger partial charge in [0.25, 0.3) is 0 Å². The molecule has 2 rings (SSSR count). The van der Waals surface area contributed by atoms with E-state index >= 15 is 0 Å². The third-order valence-electron chi connectivity index (χ3n) is 3.46. The minimum atomic E-state index is 0.172. The van der Waals surface area contributed by atoms with Gasteiger partial charge in [0, 0.05) is 26.1 Å². The van der Waals surface area contributed by atoms with Crippen LogP contribution in [0.3, 0.4) is 0 Å². The molecule has 1 aliphatic carbocycles. The van der Waals surface area contributed by atoms with Gasteiger partial charge in [0.1, 0.15) is 12.4 Å². The molecule has 1 aromatic carbocycles. The van der Waals surface area contributed by atoms with Crippen molar-refractivity contribution >= 4 is 5.91 Å². The van der Waals surface area contributed by atoms with Gasteiger partial charge in [0.15, 0.2) is 0 Å². The molecule has 0 aliphatic heterocycles. The number of carbonyl (C=O) groups is 1. The Kier molecular flexibility index (Phi) is 5.41. The zero-order chi connectivity index (χ0) is 14.4. The average Bonchev–Trinajstić information content (AvgIpc) is 3.22. The molecule has 1 N–H and O–H groups in total. The Hall–Kier alpha value is -1.55. The number of amides is 1. The summed E-state index contributed by atoms with van der Waals surface area (Å²) < 4.78 is 5.65. The zero-order valence-electron chi connectivity index (χ0n) is 12.4. The van der Waals surface area contributed by atoms with Crippen LogP contribution in [0.15, 0.2) is 24.3 Å². The molecule has 1 saturated carbocycles. The molecule has 1 amide bonds. The van der Waals surface area contributed by atoms with E-state index in [1.807, 2.05) is 38.2 Å². The van der Waals surface area contributed by atoms with Gasteiger partial charge in [-0.05, 0) is 37.5 Å². The summed E-state index contributed by atoms with van der Waals surface area (Å²) in [6.45, 7) is 3.97. The van der Waals surface area contributed by atoms with Crippen LogP contribution in [-0.4, -0.2) is 43.6 Å². The molecule has 0 bridgehead atoms. The van der Waals surface area contributed by atoms with E-state index in [-0.39, 0.29) is 5.91 Å². The minimum Gasteiger partial charge on any atom is -0.492 e. The topological polar surface area (TPSA) is 41.6 Å². The molecule has 0 radical (unpaired) electrons. The number of hydrogen-bond acceptors (Lipinski definition) is 3. The summed E-state index contributed by atoms with van der Waals surface area (Å²) in [6.07, 6.45) is 3.08. The molecule has 1 aliphatic rings. The lowest BCUT2D eigenvalue weighted by Gasteiger charge is -2.17. The molecule has 0 aromatic heterocycles. The van der Waals surface area contributed by atoms with Crippen LogP contribution >= 0.6 is 0 Å². The van der Waals surface area contributed by atoms with Crippen molar-refractivity contribution in [2.75, 3.05) is 26.7 Å². The Morgan fingerprint density at radius 3 is 2.95 bits per heavy atom. The molecule has 0 spiro atoms. The standard InChI is InChI=1S/C16H24N2O2/c1-13-4-3-5-15(12-13)20-11-10-18(2)16(19)8-9-17-14-6-7-14/h3-5,12,14,17H,6-11H2,1-2H3. The second kappa shape index (κ2) is 7.29. The molecular formula is C16H24N2O2. The monoisotopic (exact) mass is 276 g/mol. The van der Waals surface area contributed by atoms with Gasteiger partial charge < -0.3 is 15.0 Å². The van der Waals surface area contributed by atoms with Gasteiger partial charge >= 0.3 is 0 Å². The zero-order valence-corrected chi connectivity index (χ0v) is 12.4. The average molecular weight is 276 g/mol. The maximum atomic E-state index is 11.9. The van der Waals surface area contributed by atoms with Gasteiger partial charge in [-0.15, -0.1) is 0 Å². The number of hydrogen-bond donors (Lipinski definition) is 1. The van der Waals surface area contributed by atoms with E-state index in [0.29, 0.717) is 25.6 Å². The largest absolute Gasteiger partial charge is 0.492 e. The molecule has 4 nitrogen and oxygen atoms in total. The molecule has 1 fully saturated rings. The molecule has 0 heterocycles. The van der Waals surface area contributed by atoms with Gasteiger partial charge in [-0.1, -0.05) is 12.1 Å². The fraction of sp³-hybridized carbons (Fsp3) is 0.562. The highest BCUT2D eigenvalue weighted by Gasteiger charge is 2.20. The quantitative estimate of drug-likeness (QED) is 0.789. The first-order chi connectivity index (χ1) is 9.65. The van der Waals surface area contributed by atoms with Crippen LogP contribution in [0, 0.1) is 6.92 Å². The lowest BCUT2D eigenvalue weighted by atomic mass is 10.2. The van der Waals surface area contributed by atoms with Gasteiger partial charge in [-0.25, -0.2) is 0 Å². The summed E-state index contributed by atoms with van der Waals surface area (Å²) in [6, 6.07) is 8.62. The Bertz CT molecular complexity index is 444. The van der Waals surface area contributed by atoms with Crippen molar-refractivity contribution in [3.8, 4) is 5.75 Å². The van der Waals surface area contributed by atoms with E-state index in [1.165, 1.54) is 18.4 Å². The number of nitrogens with one attached hydrogen (secondary N) is 1. The fourth-order valence-corrected chi connectivity index (χ4v) is 1.99. The highest BCUT2D eigenvalue weighted by Crippen LogP contribution is 2.18. The maximum Gasteiger partial charge on any atom is 0.223 e. The van der Waals surface area contributed by atoms with Crippen molar-refractivity contribution in [1.29, 1.82) is 0 Å². The van der Waals surface area contributed by atoms with E-state index in [9.17, 15) is 4.79 Å². The highest BCUT2D eigenvalue weighted by atomic mass is 16.5. The third kappa shape index (κ3) is 5.21. The number of carbonyl (C=O) groups excluding carboxylic acids is 1. The predicted octanol–water partition coefficient (Wildman–Crippen LogP) is 1.97. The first-order valence-corrected chi connectivity index (χ1v) is 7.32. The summed E-state index contributed by atoms with van der Waals surface area (Å²) in [7, 11) is 1.83. The second-order valence-electron chi connectivity index (χ2n) is 5.46. The molecule has 1 aromatic rings. The van der Waals surface area contributed by atoms with Gasteiger partial charge in [0.2, 0.25) is 5.91 Å². The van der Waals surface area contributed by atoms with E-state index in [1.54, 1.807) is 4.90 Å². The van der Waals surface area contributed by atoms with Crippen LogP contribution < -0.4 is 10.1 Å². The molecule has 0 saturated heterocycles. The first kappa shape index (κ1) is 14.9. The summed E-state index contributed by atoms with van der Waals surface area (Å²) in [5.41, 5.74) is 1.18. The molecule has 0 unspecified atom stereocenters. The number of aryl methyl sites for hydroxylation is 1. The Balaban J connectivity index is 1.60. The van der Waals surface area contributed by atoms with Gasteiger partial charge in [-0.2, -0.15) is 0 Å². The Morgan fingerprint density at radius 2 is 2.25 bits per heavy atom. The Morgan fingerprint density at radius 1 is 1.45 bits per heavy atom. The predicted molar refractivity (Wildman–Crippen MR) is 80.0 cm³/mol. The van der Waals surface area contributed by atoms with Crippen LogP contribution in [-0.2, 0) is 4.79 Å². The van der Waals surface area contributed by atoms with Crippen molar-refractivity contribution in [2.45, 2.75) is 32.2 Å². The van der Waals surface area contributed by atoms with Crippen LogP contribution in [0.1, 0.15) is 24.8 Å². The summed E-state index contributed by atoms with van der Waals surface area (Å²) in [5, 5.41) is 3.35. The van der Waals surface area contributed by atoms with Crippen LogP contribution in [0.5, 0.6) is 5.75 Å². The smallest absolute Gasteiger partial charge is 0.223 e. The van der Waals surface area contributed by atoms with E-state index < -0.39 is 0 Å². The number of likely N-dealkylation sites (N-methyl/N-ethyl adjacent to an activating group) is 1. The fourth-order valence-electron chi connectivity index (χ4n) is 1.99. The lowest BCUT2D eigenvalue weighted by molar-refractivity contribution is -0.130. The molecule has 0 atom stereocenters. The van der Waals surface area contributed by atoms with Crippen molar-refractivity contribution < 1.29 is 9.53 Å². The van der Waals surface area contributed by atoms with Gasteiger partial charge in [-0.3, -0.25) is 4.79 Å². The highest BCUT2D eigenvalue weighted by molar-refractivity contribution is 5.76. The van der Waals surface area contributed by atoms with E-state index in [0.717, 1.165) is 12.3 Å². The first-order valence-electron chi connectivity index (χ1n) is 7.32. The lowest BCUT2D eigenvalue weighted by Crippen LogP contribution is -2.33. The van der Waals surface area contributed by atoms with Crippen LogP contribution in [0.4, 0.5) is 0 Å². The number of benzene rings is 1. The minimum absolute atomic E-state index is 0.172. The summed E-state index contributed by atoms with van der Waals surface area (Å²) in [4.78, 5) is 13.6. The van der Waals surface area contributed by atoms with Crippen LogP contribution in [0.2, 0.25) is 0 Å². The number of ether oxygens (including phenoxy) is 1. The SMILES string of the molecule is Cc1cccc(OCCN(C)C(=O)CCNC2CC2)c1. The number of nitrogens with zero attached hydrogens (tertiary/aromatic N) is 1. The van der Waals surface area contributed by atoms with Gasteiger partial charge in [0.05, 0.1) is 6.54 Å². The normalized spacial score (nSPS) is 14.1. The van der Waals surface area contributed by atoms with Crippen molar-refractivity contribution in [3.63, 3.8) is 0 Å².